The monoisotopic (exact) mass is 263 g/mol. The van der Waals surface area contributed by atoms with Gasteiger partial charge in [-0.1, -0.05) is 11.6 Å². The largest absolute Gasteiger partial charge is 0.494 e. The molecular weight excluding hydrogens is 254 g/mol. The highest BCUT2D eigenvalue weighted by molar-refractivity contribution is 6.32. The maximum absolute atomic E-state index is 12.0. The maximum atomic E-state index is 12.0. The van der Waals surface area contributed by atoms with E-state index in [-0.39, 0.29) is 11.1 Å². The molecule has 0 atom stereocenters. The maximum Gasteiger partial charge on any atom is 0.259 e. The minimum absolute atomic E-state index is 0.235. The summed E-state index contributed by atoms with van der Waals surface area (Å²) in [7, 11) is 1.48. The number of rotatable bonds is 3. The van der Waals surface area contributed by atoms with E-state index in [4.69, 9.17) is 16.3 Å². The summed E-state index contributed by atoms with van der Waals surface area (Å²) in [4.78, 5) is 19.8. The lowest BCUT2D eigenvalue weighted by molar-refractivity contribution is 0.102. The van der Waals surface area contributed by atoms with Crippen molar-refractivity contribution in [3.05, 3.63) is 47.5 Å². The van der Waals surface area contributed by atoms with Crippen LogP contribution in [0.3, 0.4) is 0 Å². The predicted octanol–water partition coefficient (Wildman–Crippen LogP) is 2.39. The van der Waals surface area contributed by atoms with Crippen molar-refractivity contribution >= 4 is 23.2 Å². The van der Waals surface area contributed by atoms with Crippen molar-refractivity contribution in [3.63, 3.8) is 0 Å². The van der Waals surface area contributed by atoms with Crippen LogP contribution in [0.1, 0.15) is 10.4 Å². The second-order valence-electron chi connectivity index (χ2n) is 3.37. The van der Waals surface area contributed by atoms with Crippen molar-refractivity contribution in [2.45, 2.75) is 0 Å². The van der Waals surface area contributed by atoms with Gasteiger partial charge in [-0.15, -0.1) is 0 Å². The number of hydrogen-bond acceptors (Lipinski definition) is 4. The molecule has 0 radical (unpaired) electrons. The van der Waals surface area contributed by atoms with Gasteiger partial charge in [-0.25, -0.2) is 4.98 Å². The van der Waals surface area contributed by atoms with Crippen LogP contribution < -0.4 is 10.1 Å². The smallest absolute Gasteiger partial charge is 0.259 e. The molecule has 5 nitrogen and oxygen atoms in total. The van der Waals surface area contributed by atoms with Crippen LogP contribution in [0.5, 0.6) is 5.75 Å². The van der Waals surface area contributed by atoms with E-state index >= 15 is 0 Å². The third-order valence-corrected chi connectivity index (χ3v) is 2.56. The van der Waals surface area contributed by atoms with Gasteiger partial charge in [0, 0.05) is 12.4 Å². The number of carbonyl (C=O) groups excluding carboxylic acids is 1. The van der Waals surface area contributed by atoms with Crippen LogP contribution in [0, 0.1) is 0 Å². The van der Waals surface area contributed by atoms with E-state index in [0.29, 0.717) is 17.0 Å². The van der Waals surface area contributed by atoms with E-state index in [9.17, 15) is 4.79 Å². The number of hydrogen-bond donors (Lipinski definition) is 1. The highest BCUT2D eigenvalue weighted by atomic mass is 35.5. The first kappa shape index (κ1) is 12.3. The fraction of sp³-hybridized carbons (Fsp3) is 0.0833. The number of pyridine rings is 2. The quantitative estimate of drug-likeness (QED) is 0.864. The molecule has 0 spiro atoms. The Kier molecular flexibility index (Phi) is 3.74. The molecule has 1 N–H and O–H groups in total. The third kappa shape index (κ3) is 2.57. The SMILES string of the molecule is COc1cnccc1C(=O)Nc1cccnc1Cl. The van der Waals surface area contributed by atoms with Crippen molar-refractivity contribution in [3.8, 4) is 5.75 Å². The molecule has 0 aromatic carbocycles. The summed E-state index contributed by atoms with van der Waals surface area (Å²) in [5.74, 6) is 0.0687. The minimum atomic E-state index is -0.329. The molecule has 2 heterocycles. The van der Waals surface area contributed by atoms with Gasteiger partial charge in [-0.05, 0) is 18.2 Å². The Labute approximate surface area is 109 Å². The molecule has 92 valence electrons. The molecule has 0 fully saturated rings. The summed E-state index contributed by atoms with van der Waals surface area (Å²) in [6.45, 7) is 0. The summed E-state index contributed by atoms with van der Waals surface area (Å²) in [6, 6.07) is 4.92. The number of halogens is 1. The molecule has 0 saturated heterocycles. The van der Waals surface area contributed by atoms with Gasteiger partial charge in [-0.3, -0.25) is 9.78 Å². The molecule has 2 rings (SSSR count). The Morgan fingerprint density at radius 3 is 2.94 bits per heavy atom. The molecule has 1 amide bonds. The average Bonchev–Trinajstić information content (AvgIpc) is 2.41. The van der Waals surface area contributed by atoms with Crippen LogP contribution in [0.4, 0.5) is 5.69 Å². The number of nitrogens with zero attached hydrogens (tertiary/aromatic N) is 2. The zero-order valence-electron chi connectivity index (χ0n) is 9.55. The van der Waals surface area contributed by atoms with Crippen LogP contribution in [-0.4, -0.2) is 23.0 Å². The Hall–Kier alpha value is -2.14. The highest BCUT2D eigenvalue weighted by Crippen LogP contribution is 2.21. The minimum Gasteiger partial charge on any atom is -0.494 e. The van der Waals surface area contributed by atoms with Crippen LogP contribution in [0.15, 0.2) is 36.8 Å². The fourth-order valence-corrected chi connectivity index (χ4v) is 1.57. The standard InChI is InChI=1S/C12H10ClN3O2/c1-18-10-7-14-6-4-8(10)12(17)16-9-3-2-5-15-11(9)13/h2-7H,1H3,(H,16,17). The Morgan fingerprint density at radius 1 is 1.39 bits per heavy atom. The van der Waals surface area contributed by atoms with Gasteiger partial charge >= 0.3 is 0 Å². The van der Waals surface area contributed by atoms with E-state index in [0.717, 1.165) is 0 Å². The van der Waals surface area contributed by atoms with Gasteiger partial charge in [0.2, 0.25) is 0 Å². The van der Waals surface area contributed by atoms with E-state index in [1.54, 1.807) is 24.4 Å². The lowest BCUT2D eigenvalue weighted by Crippen LogP contribution is -2.13. The number of carbonyl (C=O) groups is 1. The van der Waals surface area contributed by atoms with Gasteiger partial charge in [0.25, 0.3) is 5.91 Å². The highest BCUT2D eigenvalue weighted by Gasteiger charge is 2.13. The molecule has 0 aliphatic heterocycles. The van der Waals surface area contributed by atoms with E-state index in [2.05, 4.69) is 15.3 Å². The zero-order valence-corrected chi connectivity index (χ0v) is 10.3. The fourth-order valence-electron chi connectivity index (χ4n) is 1.40. The number of aromatic nitrogens is 2. The Bertz CT molecular complexity index is 575. The average molecular weight is 264 g/mol. The molecule has 0 unspecified atom stereocenters. The molecular formula is C12H10ClN3O2. The summed E-state index contributed by atoms with van der Waals surface area (Å²) in [5.41, 5.74) is 0.829. The van der Waals surface area contributed by atoms with E-state index in [1.807, 2.05) is 0 Å². The third-order valence-electron chi connectivity index (χ3n) is 2.26. The van der Waals surface area contributed by atoms with Gasteiger partial charge < -0.3 is 10.1 Å². The second kappa shape index (κ2) is 5.46. The first-order chi connectivity index (χ1) is 8.72. The molecule has 0 bridgehead atoms. The van der Waals surface area contributed by atoms with E-state index in [1.165, 1.54) is 19.5 Å². The van der Waals surface area contributed by atoms with Crippen molar-refractivity contribution in [2.75, 3.05) is 12.4 Å². The number of nitrogens with one attached hydrogen (secondary N) is 1. The number of anilines is 1. The van der Waals surface area contributed by atoms with Crippen LogP contribution in [-0.2, 0) is 0 Å². The van der Waals surface area contributed by atoms with Gasteiger partial charge in [-0.2, -0.15) is 0 Å². The van der Waals surface area contributed by atoms with Crippen molar-refractivity contribution in [1.29, 1.82) is 0 Å². The zero-order chi connectivity index (χ0) is 13.0. The molecule has 0 saturated carbocycles. The summed E-state index contributed by atoms with van der Waals surface area (Å²) >= 11 is 5.86. The lowest BCUT2D eigenvalue weighted by atomic mass is 10.2. The summed E-state index contributed by atoms with van der Waals surface area (Å²) in [6.07, 6.45) is 4.53. The number of methoxy groups -OCH3 is 1. The number of amides is 1. The second-order valence-corrected chi connectivity index (χ2v) is 3.73. The van der Waals surface area contributed by atoms with Crippen molar-refractivity contribution in [1.82, 2.24) is 9.97 Å². The van der Waals surface area contributed by atoms with Crippen LogP contribution in [0.2, 0.25) is 5.15 Å². The van der Waals surface area contributed by atoms with Gasteiger partial charge in [0.05, 0.1) is 24.6 Å². The van der Waals surface area contributed by atoms with Crippen molar-refractivity contribution in [2.24, 2.45) is 0 Å². The molecule has 0 aliphatic rings. The first-order valence-electron chi connectivity index (χ1n) is 5.12. The summed E-state index contributed by atoms with van der Waals surface area (Å²) < 4.78 is 5.06. The normalized spacial score (nSPS) is 9.89. The van der Waals surface area contributed by atoms with Crippen LogP contribution in [0.25, 0.3) is 0 Å². The van der Waals surface area contributed by atoms with Crippen LogP contribution >= 0.6 is 11.6 Å². The first-order valence-corrected chi connectivity index (χ1v) is 5.50. The topological polar surface area (TPSA) is 64.1 Å². The van der Waals surface area contributed by atoms with Crippen molar-refractivity contribution < 1.29 is 9.53 Å². The van der Waals surface area contributed by atoms with Gasteiger partial charge in [0.1, 0.15) is 5.75 Å². The molecule has 0 aliphatic carbocycles. The predicted molar refractivity (Wildman–Crippen MR) is 68.0 cm³/mol. The number of ether oxygens (including phenoxy) is 1. The summed E-state index contributed by atoms with van der Waals surface area (Å²) in [5, 5.41) is 2.90. The molecule has 6 heteroatoms. The molecule has 2 aromatic heterocycles. The lowest BCUT2D eigenvalue weighted by Gasteiger charge is -2.09. The van der Waals surface area contributed by atoms with Gasteiger partial charge in [0.15, 0.2) is 5.15 Å². The Balaban J connectivity index is 2.25. The Morgan fingerprint density at radius 2 is 2.22 bits per heavy atom. The molecule has 2 aromatic rings. The molecule has 18 heavy (non-hydrogen) atoms. The van der Waals surface area contributed by atoms with E-state index < -0.39 is 0 Å².